The monoisotopic (exact) mass is 378 g/mol. The van der Waals surface area contributed by atoms with Gasteiger partial charge >= 0.3 is 5.97 Å². The van der Waals surface area contributed by atoms with Crippen LogP contribution in [-0.4, -0.2) is 36.5 Å². The summed E-state index contributed by atoms with van der Waals surface area (Å²) in [6.45, 7) is -0.512. The van der Waals surface area contributed by atoms with Crippen LogP contribution in [0.5, 0.6) is 5.75 Å². The van der Waals surface area contributed by atoms with Gasteiger partial charge in [-0.15, -0.1) is 0 Å². The molecular formula is C21H18N2O5. The summed E-state index contributed by atoms with van der Waals surface area (Å²) < 4.78 is 5.00. The molecule has 3 N–H and O–H groups in total. The number of phenols is 1. The smallest absolute Gasteiger partial charge is 0.342 e. The van der Waals surface area contributed by atoms with E-state index >= 15 is 0 Å². The third-order valence-corrected chi connectivity index (χ3v) is 4.08. The maximum atomic E-state index is 12.2. The number of carbonyl (C=O) groups excluding carboxylic acids is 3. The fourth-order valence-electron chi connectivity index (χ4n) is 2.65. The van der Waals surface area contributed by atoms with Gasteiger partial charge in [0.25, 0.3) is 11.8 Å². The molecule has 142 valence electrons. The number of nitrogens with one attached hydrogen (secondary N) is 2. The molecule has 0 fully saturated rings. The number of esters is 1. The molecule has 0 bridgehead atoms. The first-order valence-electron chi connectivity index (χ1n) is 8.49. The Hall–Kier alpha value is -3.87. The minimum Gasteiger partial charge on any atom is -0.507 e. The largest absolute Gasteiger partial charge is 0.507 e. The number of amides is 2. The molecule has 7 heteroatoms. The number of carbonyl (C=O) groups is 3. The number of ether oxygens (including phenoxy) is 1. The number of hydrogen-bond acceptors (Lipinski definition) is 5. The van der Waals surface area contributed by atoms with Crippen LogP contribution < -0.4 is 10.6 Å². The van der Waals surface area contributed by atoms with Crippen LogP contribution in [0.1, 0.15) is 20.7 Å². The summed E-state index contributed by atoms with van der Waals surface area (Å²) in [6, 6.07) is 16.5. The molecule has 0 atom stereocenters. The van der Waals surface area contributed by atoms with Crippen LogP contribution >= 0.6 is 0 Å². The zero-order valence-corrected chi connectivity index (χ0v) is 15.1. The highest BCUT2D eigenvalue weighted by Crippen LogP contribution is 2.25. The van der Waals surface area contributed by atoms with Crippen molar-refractivity contribution in [3.63, 3.8) is 0 Å². The van der Waals surface area contributed by atoms with Crippen molar-refractivity contribution in [3.8, 4) is 5.75 Å². The van der Waals surface area contributed by atoms with Gasteiger partial charge in [0, 0.05) is 18.3 Å². The molecule has 0 aromatic heterocycles. The molecule has 0 saturated heterocycles. The van der Waals surface area contributed by atoms with E-state index in [1.807, 2.05) is 18.2 Å². The molecule has 0 heterocycles. The highest BCUT2D eigenvalue weighted by Gasteiger charge is 2.16. The SMILES string of the molecule is CNC(=O)c1ccc(NC(=O)COC(=O)c2cc3ccccc3cc2O)cc1. The lowest BCUT2D eigenvalue weighted by molar-refractivity contribution is -0.119. The first kappa shape index (κ1) is 18.9. The van der Waals surface area contributed by atoms with Gasteiger partial charge in [0.15, 0.2) is 6.61 Å². The Kier molecular flexibility index (Phi) is 5.55. The lowest BCUT2D eigenvalue weighted by Gasteiger charge is -2.09. The third kappa shape index (κ3) is 4.27. The molecule has 0 aliphatic rings. The molecule has 0 aliphatic heterocycles. The van der Waals surface area contributed by atoms with Crippen molar-refractivity contribution in [2.75, 3.05) is 19.0 Å². The van der Waals surface area contributed by atoms with Crippen LogP contribution in [-0.2, 0) is 9.53 Å². The van der Waals surface area contributed by atoms with Crippen molar-refractivity contribution in [3.05, 3.63) is 71.8 Å². The maximum Gasteiger partial charge on any atom is 0.342 e. The van der Waals surface area contributed by atoms with E-state index in [2.05, 4.69) is 10.6 Å². The number of hydrogen-bond donors (Lipinski definition) is 3. The van der Waals surface area contributed by atoms with Crippen molar-refractivity contribution in [1.82, 2.24) is 5.32 Å². The molecule has 0 unspecified atom stereocenters. The van der Waals surface area contributed by atoms with Gasteiger partial charge in [0.1, 0.15) is 11.3 Å². The second kappa shape index (κ2) is 8.22. The first-order chi connectivity index (χ1) is 13.5. The number of fused-ring (bicyclic) bond motifs is 1. The second-order valence-electron chi connectivity index (χ2n) is 6.00. The molecule has 3 aromatic rings. The molecule has 3 rings (SSSR count). The molecule has 0 radical (unpaired) electrons. The molecule has 3 aromatic carbocycles. The summed E-state index contributed by atoms with van der Waals surface area (Å²) in [5, 5.41) is 16.7. The highest BCUT2D eigenvalue weighted by molar-refractivity contribution is 6.00. The standard InChI is InChI=1S/C21H18N2O5/c1-22-20(26)13-6-8-16(9-7-13)23-19(25)12-28-21(27)17-10-14-4-2-3-5-15(14)11-18(17)24/h2-11,24H,12H2,1H3,(H,22,26)(H,23,25). The van der Waals surface area contributed by atoms with Crippen molar-refractivity contribution in [2.24, 2.45) is 0 Å². The summed E-state index contributed by atoms with van der Waals surface area (Å²) in [4.78, 5) is 35.7. The van der Waals surface area contributed by atoms with Gasteiger partial charge in [0.05, 0.1) is 0 Å². The predicted octanol–water partition coefficient (Wildman–Crippen LogP) is 2.70. The fraction of sp³-hybridized carbons (Fsp3) is 0.0952. The Labute approximate surface area is 160 Å². The number of aromatic hydroxyl groups is 1. The Balaban J connectivity index is 1.60. The van der Waals surface area contributed by atoms with E-state index in [-0.39, 0.29) is 17.2 Å². The first-order valence-corrected chi connectivity index (χ1v) is 8.49. The number of benzene rings is 3. The number of rotatable bonds is 5. The quantitative estimate of drug-likeness (QED) is 0.592. The minimum absolute atomic E-state index is 0.0126. The van der Waals surface area contributed by atoms with Crippen LogP contribution in [0, 0.1) is 0 Å². The molecule has 28 heavy (non-hydrogen) atoms. The average molecular weight is 378 g/mol. The van der Waals surface area contributed by atoms with Gasteiger partial charge < -0.3 is 20.5 Å². The Morgan fingerprint density at radius 1 is 0.964 bits per heavy atom. The summed E-state index contributed by atoms with van der Waals surface area (Å²) in [6.07, 6.45) is 0. The molecule has 7 nitrogen and oxygen atoms in total. The van der Waals surface area contributed by atoms with E-state index in [9.17, 15) is 19.5 Å². The topological polar surface area (TPSA) is 105 Å². The zero-order chi connectivity index (χ0) is 20.1. The van der Waals surface area contributed by atoms with Gasteiger partial charge in [0.2, 0.25) is 0 Å². The van der Waals surface area contributed by atoms with Gasteiger partial charge in [-0.3, -0.25) is 9.59 Å². The van der Waals surface area contributed by atoms with E-state index < -0.39 is 18.5 Å². The summed E-state index contributed by atoms with van der Waals surface area (Å²) in [5.41, 5.74) is 0.905. The van der Waals surface area contributed by atoms with Gasteiger partial charge in [-0.25, -0.2) is 4.79 Å². The summed E-state index contributed by atoms with van der Waals surface area (Å²) in [7, 11) is 1.53. The van der Waals surface area contributed by atoms with Crippen LogP contribution in [0.4, 0.5) is 5.69 Å². The molecular weight excluding hydrogens is 360 g/mol. The summed E-state index contributed by atoms with van der Waals surface area (Å²) in [5.74, 6) is -1.79. The Morgan fingerprint density at radius 2 is 1.61 bits per heavy atom. The lowest BCUT2D eigenvalue weighted by Crippen LogP contribution is -2.21. The second-order valence-corrected chi connectivity index (χ2v) is 6.00. The van der Waals surface area contributed by atoms with Crippen LogP contribution in [0.2, 0.25) is 0 Å². The Bertz CT molecular complexity index is 1040. The van der Waals surface area contributed by atoms with Crippen LogP contribution in [0.3, 0.4) is 0 Å². The zero-order valence-electron chi connectivity index (χ0n) is 15.1. The van der Waals surface area contributed by atoms with Crippen LogP contribution in [0.25, 0.3) is 10.8 Å². The fourth-order valence-corrected chi connectivity index (χ4v) is 2.65. The van der Waals surface area contributed by atoms with Crippen molar-refractivity contribution in [1.29, 1.82) is 0 Å². The Morgan fingerprint density at radius 3 is 2.25 bits per heavy atom. The highest BCUT2D eigenvalue weighted by atomic mass is 16.5. The lowest BCUT2D eigenvalue weighted by atomic mass is 10.1. The number of anilines is 1. The van der Waals surface area contributed by atoms with Crippen molar-refractivity contribution < 1.29 is 24.2 Å². The van der Waals surface area contributed by atoms with Crippen LogP contribution in [0.15, 0.2) is 60.7 Å². The molecule has 0 spiro atoms. The number of phenolic OH excluding ortho intramolecular Hbond substituents is 1. The van der Waals surface area contributed by atoms with E-state index in [0.29, 0.717) is 11.3 Å². The van der Waals surface area contributed by atoms with E-state index in [4.69, 9.17) is 4.74 Å². The minimum atomic E-state index is -0.798. The van der Waals surface area contributed by atoms with E-state index in [1.54, 1.807) is 30.3 Å². The molecule has 2 amide bonds. The van der Waals surface area contributed by atoms with Crippen molar-refractivity contribution in [2.45, 2.75) is 0 Å². The van der Waals surface area contributed by atoms with Gasteiger partial charge in [-0.05, 0) is 47.2 Å². The van der Waals surface area contributed by atoms with E-state index in [0.717, 1.165) is 10.8 Å². The molecule has 0 saturated carbocycles. The van der Waals surface area contributed by atoms with Gasteiger partial charge in [-0.2, -0.15) is 0 Å². The average Bonchev–Trinajstić information content (AvgIpc) is 2.71. The summed E-state index contributed by atoms with van der Waals surface area (Å²) >= 11 is 0. The molecule has 0 aliphatic carbocycles. The maximum absolute atomic E-state index is 12.2. The van der Waals surface area contributed by atoms with Crippen molar-refractivity contribution >= 4 is 34.2 Å². The van der Waals surface area contributed by atoms with E-state index in [1.165, 1.54) is 19.2 Å². The normalized spacial score (nSPS) is 10.3. The third-order valence-electron chi connectivity index (χ3n) is 4.08. The predicted molar refractivity (Wildman–Crippen MR) is 104 cm³/mol. The van der Waals surface area contributed by atoms with Gasteiger partial charge in [-0.1, -0.05) is 24.3 Å².